The van der Waals surface area contributed by atoms with Crippen LogP contribution < -0.4 is 5.32 Å². The first-order chi connectivity index (χ1) is 14.6. The van der Waals surface area contributed by atoms with Gasteiger partial charge in [0.25, 0.3) is 0 Å². The molecule has 1 fully saturated rings. The fourth-order valence-corrected chi connectivity index (χ4v) is 3.83. The van der Waals surface area contributed by atoms with E-state index in [0.29, 0.717) is 5.82 Å². The maximum atomic E-state index is 12.4. The topological polar surface area (TPSA) is 75.9 Å². The number of likely N-dealkylation sites (tertiary alicyclic amines) is 1. The van der Waals surface area contributed by atoms with E-state index in [1.165, 1.54) is 42.7 Å². The van der Waals surface area contributed by atoms with Crippen LogP contribution in [-0.2, 0) is 17.9 Å². The van der Waals surface area contributed by atoms with Crippen molar-refractivity contribution >= 4 is 11.6 Å². The molecule has 1 N–H and O–H groups in total. The van der Waals surface area contributed by atoms with E-state index in [2.05, 4.69) is 37.8 Å². The van der Waals surface area contributed by atoms with Crippen LogP contribution in [0.2, 0.25) is 0 Å². The standard InChI is InChI=1S/C23H28N6O/c1-17-6-11-21(18(2)14-17)24-22(30)16-29-26-23(25-27-29)20-9-7-19(8-10-20)15-28-12-4-3-5-13-28/h6-11,14H,3-5,12-13,15-16H2,1-2H3,(H,24,30). The van der Waals surface area contributed by atoms with E-state index < -0.39 is 0 Å². The van der Waals surface area contributed by atoms with Crippen LogP contribution in [0.15, 0.2) is 42.5 Å². The number of aryl methyl sites for hydroxylation is 2. The zero-order valence-electron chi connectivity index (χ0n) is 17.6. The lowest BCUT2D eigenvalue weighted by atomic mass is 10.1. The van der Waals surface area contributed by atoms with E-state index in [1.54, 1.807) is 0 Å². The molecule has 1 aliphatic heterocycles. The summed E-state index contributed by atoms with van der Waals surface area (Å²) < 4.78 is 0. The Labute approximate surface area is 177 Å². The van der Waals surface area contributed by atoms with Gasteiger partial charge in [0.1, 0.15) is 6.54 Å². The predicted octanol–water partition coefficient (Wildman–Crippen LogP) is 3.58. The third kappa shape index (κ3) is 5.10. The smallest absolute Gasteiger partial charge is 0.248 e. The molecular formula is C23H28N6O. The maximum Gasteiger partial charge on any atom is 0.248 e. The molecule has 1 amide bonds. The molecule has 30 heavy (non-hydrogen) atoms. The van der Waals surface area contributed by atoms with Crippen LogP contribution in [0, 0.1) is 13.8 Å². The lowest BCUT2D eigenvalue weighted by Crippen LogP contribution is -2.28. The summed E-state index contributed by atoms with van der Waals surface area (Å²) in [5, 5.41) is 15.4. The molecule has 0 saturated carbocycles. The van der Waals surface area contributed by atoms with Crippen LogP contribution in [-0.4, -0.2) is 44.1 Å². The second-order valence-corrected chi connectivity index (χ2v) is 8.04. The van der Waals surface area contributed by atoms with Crippen molar-refractivity contribution in [2.45, 2.75) is 46.2 Å². The van der Waals surface area contributed by atoms with Crippen molar-refractivity contribution in [2.24, 2.45) is 0 Å². The number of hydrogen-bond donors (Lipinski definition) is 1. The Morgan fingerprint density at radius 2 is 1.80 bits per heavy atom. The number of anilines is 1. The summed E-state index contributed by atoms with van der Waals surface area (Å²) in [5.74, 6) is 0.349. The summed E-state index contributed by atoms with van der Waals surface area (Å²) in [4.78, 5) is 16.2. The van der Waals surface area contributed by atoms with Gasteiger partial charge in [-0.3, -0.25) is 9.69 Å². The molecule has 0 unspecified atom stereocenters. The molecule has 0 radical (unpaired) electrons. The van der Waals surface area contributed by atoms with Gasteiger partial charge in [0.15, 0.2) is 0 Å². The summed E-state index contributed by atoms with van der Waals surface area (Å²) in [7, 11) is 0. The molecule has 0 bridgehead atoms. The molecule has 1 aliphatic rings. The Bertz CT molecular complexity index is 1000. The van der Waals surface area contributed by atoms with E-state index in [0.717, 1.165) is 28.9 Å². The van der Waals surface area contributed by atoms with Gasteiger partial charge in [-0.15, -0.1) is 10.2 Å². The molecule has 7 nitrogen and oxygen atoms in total. The van der Waals surface area contributed by atoms with Crippen molar-refractivity contribution in [1.29, 1.82) is 0 Å². The zero-order chi connectivity index (χ0) is 20.9. The number of carbonyl (C=O) groups is 1. The first kappa shape index (κ1) is 20.2. The van der Waals surface area contributed by atoms with Crippen LogP contribution in [0.25, 0.3) is 11.4 Å². The minimum Gasteiger partial charge on any atom is -0.324 e. The Hall–Kier alpha value is -3.06. The van der Waals surface area contributed by atoms with Crippen molar-refractivity contribution in [3.63, 3.8) is 0 Å². The number of nitrogens with one attached hydrogen (secondary N) is 1. The zero-order valence-corrected chi connectivity index (χ0v) is 17.6. The highest BCUT2D eigenvalue weighted by atomic mass is 16.2. The van der Waals surface area contributed by atoms with Crippen LogP contribution in [0.3, 0.4) is 0 Å². The van der Waals surface area contributed by atoms with Crippen molar-refractivity contribution in [1.82, 2.24) is 25.1 Å². The van der Waals surface area contributed by atoms with Gasteiger partial charge >= 0.3 is 0 Å². The van der Waals surface area contributed by atoms with E-state index in [9.17, 15) is 4.79 Å². The maximum absolute atomic E-state index is 12.4. The van der Waals surface area contributed by atoms with Crippen LogP contribution in [0.4, 0.5) is 5.69 Å². The van der Waals surface area contributed by atoms with E-state index in [1.807, 2.05) is 44.2 Å². The lowest BCUT2D eigenvalue weighted by molar-refractivity contribution is -0.117. The highest BCUT2D eigenvalue weighted by Gasteiger charge is 2.12. The fraction of sp³-hybridized carbons (Fsp3) is 0.391. The molecule has 0 atom stereocenters. The Morgan fingerprint density at radius 1 is 1.03 bits per heavy atom. The Morgan fingerprint density at radius 3 is 2.53 bits per heavy atom. The quantitative estimate of drug-likeness (QED) is 0.680. The summed E-state index contributed by atoms with van der Waals surface area (Å²) in [6.07, 6.45) is 3.93. The monoisotopic (exact) mass is 404 g/mol. The number of benzene rings is 2. The third-order valence-corrected chi connectivity index (χ3v) is 5.46. The number of aromatic nitrogens is 4. The summed E-state index contributed by atoms with van der Waals surface area (Å²) >= 11 is 0. The first-order valence-electron chi connectivity index (χ1n) is 10.5. The number of piperidine rings is 1. The Balaban J connectivity index is 1.35. The third-order valence-electron chi connectivity index (χ3n) is 5.46. The molecule has 4 rings (SSSR count). The molecule has 2 heterocycles. The molecule has 156 valence electrons. The van der Waals surface area contributed by atoms with Gasteiger partial charge in [-0.05, 0) is 62.2 Å². The van der Waals surface area contributed by atoms with Crippen molar-refractivity contribution < 1.29 is 4.79 Å². The van der Waals surface area contributed by atoms with Crippen molar-refractivity contribution in [2.75, 3.05) is 18.4 Å². The highest BCUT2D eigenvalue weighted by molar-refractivity contribution is 5.91. The summed E-state index contributed by atoms with van der Waals surface area (Å²) in [5.41, 5.74) is 5.19. The minimum absolute atomic E-state index is 0.0212. The van der Waals surface area contributed by atoms with Crippen molar-refractivity contribution in [3.05, 3.63) is 59.2 Å². The molecule has 1 saturated heterocycles. The van der Waals surface area contributed by atoms with Gasteiger partial charge in [-0.1, -0.05) is 48.4 Å². The van der Waals surface area contributed by atoms with Crippen LogP contribution in [0.1, 0.15) is 36.0 Å². The molecule has 7 heteroatoms. The van der Waals surface area contributed by atoms with E-state index >= 15 is 0 Å². The predicted molar refractivity (Wildman–Crippen MR) is 117 cm³/mol. The number of amides is 1. The number of rotatable bonds is 6. The van der Waals surface area contributed by atoms with Gasteiger partial charge in [0.05, 0.1) is 0 Å². The first-order valence-corrected chi connectivity index (χ1v) is 10.5. The second kappa shape index (κ2) is 9.17. The average Bonchev–Trinajstić information content (AvgIpc) is 3.20. The van der Waals surface area contributed by atoms with Gasteiger partial charge in [-0.25, -0.2) is 0 Å². The van der Waals surface area contributed by atoms with Crippen molar-refractivity contribution in [3.8, 4) is 11.4 Å². The number of tetrazole rings is 1. The normalized spacial score (nSPS) is 14.6. The van der Waals surface area contributed by atoms with Gasteiger partial charge in [0, 0.05) is 17.8 Å². The number of hydrogen-bond acceptors (Lipinski definition) is 5. The summed E-state index contributed by atoms with van der Waals surface area (Å²) in [6, 6.07) is 14.2. The molecule has 3 aromatic rings. The SMILES string of the molecule is Cc1ccc(NC(=O)Cn2nnc(-c3ccc(CN4CCCCC4)cc3)n2)c(C)c1. The van der Waals surface area contributed by atoms with E-state index in [4.69, 9.17) is 0 Å². The average molecular weight is 405 g/mol. The fourth-order valence-electron chi connectivity index (χ4n) is 3.83. The molecule has 0 aliphatic carbocycles. The minimum atomic E-state index is -0.178. The lowest BCUT2D eigenvalue weighted by Gasteiger charge is -2.26. The Kier molecular flexibility index (Phi) is 6.18. The number of nitrogens with zero attached hydrogens (tertiary/aromatic N) is 5. The van der Waals surface area contributed by atoms with E-state index in [-0.39, 0.29) is 12.5 Å². The van der Waals surface area contributed by atoms with Gasteiger partial charge in [-0.2, -0.15) is 4.80 Å². The largest absolute Gasteiger partial charge is 0.324 e. The van der Waals surface area contributed by atoms with Crippen LogP contribution in [0.5, 0.6) is 0 Å². The molecule has 1 aromatic heterocycles. The second-order valence-electron chi connectivity index (χ2n) is 8.04. The summed E-state index contributed by atoms with van der Waals surface area (Å²) in [6.45, 7) is 7.37. The molecule has 2 aromatic carbocycles. The highest BCUT2D eigenvalue weighted by Crippen LogP contribution is 2.18. The van der Waals surface area contributed by atoms with Gasteiger partial charge < -0.3 is 5.32 Å². The molecular weight excluding hydrogens is 376 g/mol. The van der Waals surface area contributed by atoms with Gasteiger partial charge in [0.2, 0.25) is 11.7 Å². The number of carbonyl (C=O) groups excluding carboxylic acids is 1. The molecule has 0 spiro atoms. The van der Waals surface area contributed by atoms with Crippen LogP contribution >= 0.6 is 0 Å².